The van der Waals surface area contributed by atoms with Crippen LogP contribution in [0.15, 0.2) is 124 Å². The summed E-state index contributed by atoms with van der Waals surface area (Å²) in [5.41, 5.74) is -0.0588. The van der Waals surface area contributed by atoms with E-state index in [1.54, 1.807) is 37.4 Å². The third kappa shape index (κ3) is 12.6. The van der Waals surface area contributed by atoms with Gasteiger partial charge in [0.1, 0.15) is 41.4 Å². The number of likely N-dealkylation sites (N-methyl/N-ethyl adjacent to an activating group) is 1. The van der Waals surface area contributed by atoms with E-state index in [0.717, 1.165) is 23.3 Å². The summed E-state index contributed by atoms with van der Waals surface area (Å²) in [5.74, 6) is -1.06. The van der Waals surface area contributed by atoms with Crippen molar-refractivity contribution in [3.63, 3.8) is 0 Å². The normalized spacial score (nSPS) is 12.5. The number of unbranched alkanes of at least 4 members (excludes halogenated alkanes) is 2. The van der Waals surface area contributed by atoms with Crippen LogP contribution in [0.1, 0.15) is 42.4 Å². The Balaban J connectivity index is 0.833. The number of benzene rings is 4. The van der Waals surface area contributed by atoms with Gasteiger partial charge < -0.3 is 29.3 Å². The predicted molar refractivity (Wildman–Crippen MR) is 216 cm³/mol. The molecule has 0 spiro atoms. The van der Waals surface area contributed by atoms with Crippen molar-refractivity contribution in [2.45, 2.75) is 60.7 Å². The summed E-state index contributed by atoms with van der Waals surface area (Å²) in [4.78, 5) is 17.8. The monoisotopic (exact) mass is 876 g/mol. The van der Waals surface area contributed by atoms with E-state index in [2.05, 4.69) is 19.9 Å². The summed E-state index contributed by atoms with van der Waals surface area (Å²) in [5, 5.41) is 30.4. The summed E-state index contributed by atoms with van der Waals surface area (Å²) >= 11 is 0. The van der Waals surface area contributed by atoms with Crippen LogP contribution in [0.3, 0.4) is 0 Å². The minimum Gasteiger partial charge on any atom is -0.493 e. The van der Waals surface area contributed by atoms with Crippen molar-refractivity contribution in [1.29, 1.82) is 0 Å². The number of carbonyl (C=O) groups excluding carboxylic acids is 1. The van der Waals surface area contributed by atoms with Crippen LogP contribution in [-0.2, 0) is 44.5 Å². The molecule has 62 heavy (non-hydrogen) atoms. The highest BCUT2D eigenvalue weighted by molar-refractivity contribution is 7.91. The molecule has 328 valence electrons. The van der Waals surface area contributed by atoms with Gasteiger partial charge in [0, 0.05) is 31.1 Å². The van der Waals surface area contributed by atoms with Crippen LogP contribution in [-0.4, -0.2) is 84.3 Å². The smallest absolute Gasteiger partial charge is 0.414 e. The lowest BCUT2D eigenvalue weighted by Crippen LogP contribution is -2.43. The van der Waals surface area contributed by atoms with E-state index in [0.29, 0.717) is 56.9 Å². The molecular weight excluding hydrogens is 831 g/mol. The number of aromatic nitrogens is 5. The molecular formula is C43H46F2N6O10S. The van der Waals surface area contributed by atoms with Crippen LogP contribution in [0.25, 0.3) is 0 Å². The molecule has 1 atom stereocenters. The van der Waals surface area contributed by atoms with Crippen LogP contribution in [0, 0.1) is 16.8 Å². The highest BCUT2D eigenvalue weighted by Gasteiger charge is 2.36. The fourth-order valence-corrected chi connectivity index (χ4v) is 7.81. The zero-order valence-electron chi connectivity index (χ0n) is 33.8. The fourth-order valence-electron chi connectivity index (χ4n) is 6.51. The number of ether oxygens (including phenoxy) is 4. The van der Waals surface area contributed by atoms with Gasteiger partial charge in [-0.1, -0.05) is 48.5 Å². The molecule has 0 aliphatic carbocycles. The second kappa shape index (κ2) is 21.4. The van der Waals surface area contributed by atoms with Gasteiger partial charge in [0.25, 0.3) is 9.84 Å². The number of rotatable bonds is 24. The number of sulfone groups is 1. The molecule has 6 aromatic rings. The van der Waals surface area contributed by atoms with Gasteiger partial charge >= 0.3 is 16.9 Å². The zero-order valence-corrected chi connectivity index (χ0v) is 34.7. The van der Waals surface area contributed by atoms with Gasteiger partial charge in [-0.15, -0.1) is 0 Å². The summed E-state index contributed by atoms with van der Waals surface area (Å²) in [6.45, 7) is 1.47. The third-order valence-corrected chi connectivity index (χ3v) is 11.2. The lowest BCUT2D eigenvalue weighted by molar-refractivity contribution is -0.832. The van der Waals surface area contributed by atoms with Gasteiger partial charge in [-0.2, -0.15) is 5.10 Å². The number of halogens is 2. The van der Waals surface area contributed by atoms with Gasteiger partial charge in [-0.05, 0) is 84.8 Å². The number of esters is 1. The standard InChI is InChI=1S/C43H46F2N6O10S/c1-49(28-43(53,29-50-31-46-30-47-50)38-20-15-34(44)26-39(38)45)27-33-13-18-36(19-14-33)58-24-8-23-57-35-16-11-32(12-17-35)25-40(52)59-21-6-3-7-22-60-41-42(51(54)61-48-41)62(55,56)37-9-4-2-5-10-37/h2,4-5,9-20,26,30-31,53H,3,6-8,21-25,27-29H2,1H3. The highest BCUT2D eigenvalue weighted by Crippen LogP contribution is 2.29. The van der Waals surface area contributed by atoms with Gasteiger partial charge in [-0.25, -0.2) is 26.9 Å². The van der Waals surface area contributed by atoms with Crippen molar-refractivity contribution >= 4 is 15.8 Å². The molecule has 2 heterocycles. The first-order valence-corrected chi connectivity index (χ1v) is 21.2. The molecule has 19 heteroatoms. The second-order valence-electron chi connectivity index (χ2n) is 14.4. The topological polar surface area (TPSA) is 195 Å². The average molecular weight is 877 g/mol. The molecule has 0 radical (unpaired) electrons. The van der Waals surface area contributed by atoms with Crippen molar-refractivity contribution in [2.24, 2.45) is 0 Å². The van der Waals surface area contributed by atoms with Crippen molar-refractivity contribution < 1.29 is 55.6 Å². The molecule has 4 aromatic carbocycles. The maximum Gasteiger partial charge on any atom is 0.414 e. The van der Waals surface area contributed by atoms with E-state index in [-0.39, 0.29) is 54.1 Å². The molecule has 0 fully saturated rings. The molecule has 16 nitrogen and oxygen atoms in total. The molecule has 0 saturated heterocycles. The van der Waals surface area contributed by atoms with Crippen molar-refractivity contribution in [2.75, 3.05) is 40.0 Å². The summed E-state index contributed by atoms with van der Waals surface area (Å²) in [6, 6.07) is 25.2. The number of carbonyl (C=O) groups is 1. The van der Waals surface area contributed by atoms with Crippen LogP contribution in [0.2, 0.25) is 0 Å². The number of nitrogens with zero attached hydrogens (tertiary/aromatic N) is 6. The lowest BCUT2D eigenvalue weighted by Gasteiger charge is -2.33. The Morgan fingerprint density at radius 2 is 1.53 bits per heavy atom. The molecule has 0 amide bonds. The molecule has 0 bridgehead atoms. The lowest BCUT2D eigenvalue weighted by atomic mass is 9.92. The average Bonchev–Trinajstić information content (AvgIpc) is 3.90. The van der Waals surface area contributed by atoms with E-state index < -0.39 is 38.0 Å². The van der Waals surface area contributed by atoms with Crippen molar-refractivity contribution in [3.8, 4) is 17.4 Å². The third-order valence-electron chi connectivity index (χ3n) is 9.47. The fraction of sp³-hybridized carbons (Fsp3) is 0.326. The number of aliphatic hydroxyl groups is 1. The second-order valence-corrected chi connectivity index (χ2v) is 16.3. The summed E-state index contributed by atoms with van der Waals surface area (Å²) < 4.78 is 82.5. The zero-order chi connectivity index (χ0) is 44.0. The van der Waals surface area contributed by atoms with Crippen LogP contribution in [0.4, 0.5) is 8.78 Å². The van der Waals surface area contributed by atoms with Gasteiger partial charge in [0.05, 0.1) is 49.4 Å². The number of hydrogen-bond acceptors (Lipinski definition) is 14. The van der Waals surface area contributed by atoms with Crippen LogP contribution < -0.4 is 19.1 Å². The molecule has 2 aromatic heterocycles. The maximum atomic E-state index is 14.8. The van der Waals surface area contributed by atoms with E-state index in [1.165, 1.54) is 47.7 Å². The Morgan fingerprint density at radius 3 is 2.19 bits per heavy atom. The Kier molecular flexibility index (Phi) is 15.6. The first kappa shape index (κ1) is 45.1. The minimum atomic E-state index is -4.20. The Morgan fingerprint density at radius 1 is 0.871 bits per heavy atom. The molecule has 1 unspecified atom stereocenters. The highest BCUT2D eigenvalue weighted by atomic mass is 32.2. The first-order valence-electron chi connectivity index (χ1n) is 19.7. The minimum absolute atomic E-state index is 0.0278. The quantitative estimate of drug-likeness (QED) is 0.0473. The van der Waals surface area contributed by atoms with Crippen molar-refractivity contribution in [3.05, 3.63) is 143 Å². The van der Waals surface area contributed by atoms with E-state index in [9.17, 15) is 32.3 Å². The molecule has 0 aliphatic rings. The molecule has 6 rings (SSSR count). The molecule has 1 N–H and O–H groups in total. The predicted octanol–water partition coefficient (Wildman–Crippen LogP) is 5.21. The Labute approximate surface area is 356 Å². The SMILES string of the molecule is CN(Cc1ccc(OCCCOc2ccc(CC(=O)OCCCCCOc3no[n+]([O-])c3S(=O)(=O)c3ccccc3)cc2)cc1)CC(O)(Cn1cncn1)c1ccc(F)cc1F. The van der Waals surface area contributed by atoms with Gasteiger partial charge in [-0.3, -0.25) is 14.3 Å². The molecule has 0 aliphatic heterocycles. The molecule has 0 saturated carbocycles. The van der Waals surface area contributed by atoms with E-state index in [1.807, 2.05) is 29.2 Å². The Hall–Kier alpha value is -6.44. The first-order chi connectivity index (χ1) is 29.9. The van der Waals surface area contributed by atoms with E-state index >= 15 is 0 Å². The maximum absolute atomic E-state index is 14.8. The van der Waals surface area contributed by atoms with Crippen molar-refractivity contribution in [1.82, 2.24) is 24.8 Å². The van der Waals surface area contributed by atoms with Gasteiger partial charge in [0.15, 0.2) is 0 Å². The largest absolute Gasteiger partial charge is 0.493 e. The number of hydrogen-bond donors (Lipinski definition) is 1. The Bertz CT molecular complexity index is 2440. The summed E-state index contributed by atoms with van der Waals surface area (Å²) in [6.07, 6.45) is 5.10. The van der Waals surface area contributed by atoms with Crippen LogP contribution in [0.5, 0.6) is 17.4 Å². The van der Waals surface area contributed by atoms with E-state index in [4.69, 9.17) is 18.9 Å². The van der Waals surface area contributed by atoms with Gasteiger partial charge in [0.2, 0.25) is 0 Å². The van der Waals surface area contributed by atoms with Crippen LogP contribution >= 0.6 is 0 Å². The summed E-state index contributed by atoms with van der Waals surface area (Å²) in [7, 11) is -2.40.